The fourth-order valence-corrected chi connectivity index (χ4v) is 2.40. The zero-order valence-electron chi connectivity index (χ0n) is 12.6. The Morgan fingerprint density at radius 2 is 1.81 bits per heavy atom. The maximum absolute atomic E-state index is 9.70. The van der Waals surface area contributed by atoms with Crippen LogP contribution in [0.5, 0.6) is 11.5 Å². The summed E-state index contributed by atoms with van der Waals surface area (Å²) in [6, 6.07) is 15.9. The van der Waals surface area contributed by atoms with Gasteiger partial charge in [-0.25, -0.2) is 0 Å². The molecule has 0 heterocycles. The van der Waals surface area contributed by atoms with Crippen LogP contribution in [0.1, 0.15) is 24.0 Å². The molecule has 1 N–H and O–H groups in total. The van der Waals surface area contributed by atoms with E-state index < -0.39 is 0 Å². The van der Waals surface area contributed by atoms with E-state index in [0.717, 1.165) is 29.0 Å². The van der Waals surface area contributed by atoms with Crippen molar-refractivity contribution in [2.75, 3.05) is 20.3 Å². The van der Waals surface area contributed by atoms with Crippen LogP contribution >= 0.6 is 0 Å². The molecule has 0 saturated carbocycles. The molecular weight excluding hydrogens is 264 g/mol. The van der Waals surface area contributed by atoms with Crippen molar-refractivity contribution < 1.29 is 14.6 Å². The molecule has 0 fully saturated rings. The van der Waals surface area contributed by atoms with Gasteiger partial charge in [0.15, 0.2) is 0 Å². The van der Waals surface area contributed by atoms with Gasteiger partial charge in [0, 0.05) is 5.92 Å². The zero-order chi connectivity index (χ0) is 15.1. The number of hydrogen-bond acceptors (Lipinski definition) is 3. The minimum atomic E-state index is 0.0528. The van der Waals surface area contributed by atoms with Crippen LogP contribution in [0.2, 0.25) is 0 Å². The second kappa shape index (κ2) is 7.70. The van der Waals surface area contributed by atoms with Crippen molar-refractivity contribution >= 4 is 0 Å². The summed E-state index contributed by atoms with van der Waals surface area (Å²) in [5.74, 6) is 1.74. The van der Waals surface area contributed by atoms with E-state index in [0.29, 0.717) is 6.61 Å². The smallest absolute Gasteiger partial charge is 0.119 e. The highest BCUT2D eigenvalue weighted by molar-refractivity contribution is 5.34. The van der Waals surface area contributed by atoms with Crippen molar-refractivity contribution in [1.82, 2.24) is 0 Å². The molecule has 0 amide bonds. The lowest BCUT2D eigenvalue weighted by Crippen LogP contribution is -2.08. The minimum Gasteiger partial charge on any atom is -0.497 e. The summed E-state index contributed by atoms with van der Waals surface area (Å²) < 4.78 is 10.8. The first-order valence-electron chi connectivity index (χ1n) is 7.23. The lowest BCUT2D eigenvalue weighted by molar-refractivity contribution is 0.264. The summed E-state index contributed by atoms with van der Waals surface area (Å²) in [5, 5.41) is 9.70. The van der Waals surface area contributed by atoms with Crippen LogP contribution in [0.15, 0.2) is 48.5 Å². The number of ether oxygens (including phenoxy) is 2. The van der Waals surface area contributed by atoms with E-state index in [2.05, 4.69) is 6.07 Å². The summed E-state index contributed by atoms with van der Waals surface area (Å²) in [6.45, 7) is 2.73. The molecule has 112 valence electrons. The first-order valence-corrected chi connectivity index (χ1v) is 7.23. The van der Waals surface area contributed by atoms with Crippen LogP contribution in [-0.2, 0) is 6.42 Å². The van der Waals surface area contributed by atoms with Crippen molar-refractivity contribution in [1.29, 1.82) is 0 Å². The van der Waals surface area contributed by atoms with Gasteiger partial charge in [0.1, 0.15) is 11.5 Å². The van der Waals surface area contributed by atoms with Crippen molar-refractivity contribution in [3.05, 3.63) is 59.7 Å². The zero-order valence-corrected chi connectivity index (χ0v) is 12.6. The third kappa shape index (κ3) is 4.23. The molecule has 1 atom stereocenters. The fraction of sp³-hybridized carbons (Fsp3) is 0.333. The number of aliphatic hydroxyl groups excluding tert-OH is 1. The van der Waals surface area contributed by atoms with E-state index >= 15 is 0 Å². The van der Waals surface area contributed by atoms with Crippen molar-refractivity contribution in [2.24, 2.45) is 0 Å². The van der Waals surface area contributed by atoms with Crippen LogP contribution in [-0.4, -0.2) is 25.4 Å². The van der Waals surface area contributed by atoms with Gasteiger partial charge in [-0.05, 0) is 48.7 Å². The predicted molar refractivity (Wildman–Crippen MR) is 84.1 cm³/mol. The molecule has 21 heavy (non-hydrogen) atoms. The molecule has 2 rings (SSSR count). The normalized spacial score (nSPS) is 12.0. The number of benzene rings is 2. The molecule has 0 saturated heterocycles. The largest absolute Gasteiger partial charge is 0.497 e. The van der Waals surface area contributed by atoms with Gasteiger partial charge in [0.25, 0.3) is 0 Å². The molecule has 0 aliphatic carbocycles. The van der Waals surface area contributed by atoms with E-state index in [-0.39, 0.29) is 12.5 Å². The van der Waals surface area contributed by atoms with Gasteiger partial charge in [0.2, 0.25) is 0 Å². The van der Waals surface area contributed by atoms with E-state index in [4.69, 9.17) is 9.47 Å². The molecule has 0 radical (unpaired) electrons. The number of methoxy groups -OCH3 is 1. The molecule has 1 unspecified atom stereocenters. The minimum absolute atomic E-state index is 0.0528. The van der Waals surface area contributed by atoms with Crippen LogP contribution < -0.4 is 9.47 Å². The summed E-state index contributed by atoms with van der Waals surface area (Å²) in [5.41, 5.74) is 2.24. The third-order valence-corrected chi connectivity index (χ3v) is 3.48. The Kier molecular flexibility index (Phi) is 5.64. The Balaban J connectivity index is 2.16. The average molecular weight is 286 g/mol. The first-order chi connectivity index (χ1) is 10.3. The van der Waals surface area contributed by atoms with Gasteiger partial charge in [0.05, 0.1) is 20.3 Å². The Bertz CT molecular complexity index is 566. The van der Waals surface area contributed by atoms with Crippen molar-refractivity contribution in [2.45, 2.75) is 19.3 Å². The Hall–Kier alpha value is -2.00. The van der Waals surface area contributed by atoms with Gasteiger partial charge in [-0.1, -0.05) is 24.3 Å². The van der Waals surface area contributed by atoms with E-state index in [1.165, 1.54) is 0 Å². The van der Waals surface area contributed by atoms with Gasteiger partial charge < -0.3 is 14.6 Å². The van der Waals surface area contributed by atoms with Crippen molar-refractivity contribution in [3.63, 3.8) is 0 Å². The Morgan fingerprint density at radius 3 is 2.52 bits per heavy atom. The van der Waals surface area contributed by atoms with Gasteiger partial charge in [-0.15, -0.1) is 0 Å². The molecule has 0 aliphatic rings. The quantitative estimate of drug-likeness (QED) is 0.847. The third-order valence-electron chi connectivity index (χ3n) is 3.48. The van der Waals surface area contributed by atoms with E-state index in [1.807, 2.05) is 49.4 Å². The molecule has 3 heteroatoms. The highest BCUT2D eigenvalue weighted by Gasteiger charge is 2.12. The van der Waals surface area contributed by atoms with Crippen LogP contribution in [0.3, 0.4) is 0 Å². The summed E-state index contributed by atoms with van der Waals surface area (Å²) >= 11 is 0. The van der Waals surface area contributed by atoms with Gasteiger partial charge >= 0.3 is 0 Å². The van der Waals surface area contributed by atoms with E-state index in [1.54, 1.807) is 7.11 Å². The number of rotatable bonds is 7. The lowest BCUT2D eigenvalue weighted by atomic mass is 9.92. The topological polar surface area (TPSA) is 38.7 Å². The Labute approximate surface area is 126 Å². The molecular formula is C18H22O3. The summed E-state index contributed by atoms with van der Waals surface area (Å²) in [4.78, 5) is 0. The summed E-state index contributed by atoms with van der Waals surface area (Å²) in [6.07, 6.45) is 0.768. The first kappa shape index (κ1) is 15.4. The van der Waals surface area contributed by atoms with Gasteiger partial charge in [-0.3, -0.25) is 0 Å². The predicted octanol–water partition coefficient (Wildman–Crippen LogP) is 3.41. The number of hydrogen-bond donors (Lipinski definition) is 1. The van der Waals surface area contributed by atoms with Crippen LogP contribution in [0, 0.1) is 0 Å². The molecule has 0 aromatic heterocycles. The highest BCUT2D eigenvalue weighted by Crippen LogP contribution is 2.25. The number of aliphatic hydroxyl groups is 1. The van der Waals surface area contributed by atoms with Gasteiger partial charge in [-0.2, -0.15) is 0 Å². The SMILES string of the molecule is CCOc1cccc(CC(CO)c2cccc(OC)c2)c1. The average Bonchev–Trinajstić information content (AvgIpc) is 2.53. The molecule has 2 aromatic carbocycles. The summed E-state index contributed by atoms with van der Waals surface area (Å²) in [7, 11) is 1.65. The second-order valence-electron chi connectivity index (χ2n) is 4.94. The monoisotopic (exact) mass is 286 g/mol. The lowest BCUT2D eigenvalue weighted by Gasteiger charge is -2.16. The molecule has 2 aromatic rings. The second-order valence-corrected chi connectivity index (χ2v) is 4.94. The highest BCUT2D eigenvalue weighted by atomic mass is 16.5. The van der Waals surface area contributed by atoms with Crippen LogP contribution in [0.25, 0.3) is 0 Å². The molecule has 0 spiro atoms. The standard InChI is InChI=1S/C18H22O3/c1-3-21-18-9-4-6-14(11-18)10-16(13-19)15-7-5-8-17(12-15)20-2/h4-9,11-12,16,19H,3,10,13H2,1-2H3. The Morgan fingerprint density at radius 1 is 1.05 bits per heavy atom. The van der Waals surface area contributed by atoms with Crippen molar-refractivity contribution in [3.8, 4) is 11.5 Å². The maximum Gasteiger partial charge on any atom is 0.119 e. The fourth-order valence-electron chi connectivity index (χ4n) is 2.40. The maximum atomic E-state index is 9.70. The molecule has 3 nitrogen and oxygen atoms in total. The van der Waals surface area contributed by atoms with Crippen LogP contribution in [0.4, 0.5) is 0 Å². The molecule has 0 bridgehead atoms. The molecule has 0 aliphatic heterocycles. The van der Waals surface area contributed by atoms with E-state index in [9.17, 15) is 5.11 Å².